The van der Waals surface area contributed by atoms with Gasteiger partial charge in [0.1, 0.15) is 28.6 Å². The molecule has 2 heterocycles. The maximum atomic E-state index is 11.4. The van der Waals surface area contributed by atoms with E-state index in [1.54, 1.807) is 13.8 Å². The summed E-state index contributed by atoms with van der Waals surface area (Å²) >= 11 is 1.35. The lowest BCUT2D eigenvalue weighted by Gasteiger charge is -2.09. The molecule has 1 N–H and O–H groups in total. The van der Waals surface area contributed by atoms with Crippen LogP contribution in [0.3, 0.4) is 0 Å². The maximum Gasteiger partial charge on any atom is 0.340 e. The first-order valence-corrected chi connectivity index (χ1v) is 7.59. The van der Waals surface area contributed by atoms with Crippen LogP contribution < -0.4 is 0 Å². The second-order valence-corrected chi connectivity index (χ2v) is 5.49. The monoisotopic (exact) mass is 307 g/mol. The van der Waals surface area contributed by atoms with Crippen LogP contribution >= 0.6 is 11.8 Å². The molecule has 0 amide bonds. The van der Waals surface area contributed by atoms with E-state index in [0.29, 0.717) is 22.3 Å². The topological polar surface area (TPSA) is 93.8 Å². The van der Waals surface area contributed by atoms with Crippen molar-refractivity contribution in [2.75, 3.05) is 0 Å². The minimum Gasteiger partial charge on any atom is -0.478 e. The summed E-state index contributed by atoms with van der Waals surface area (Å²) in [6, 6.07) is 0. The standard InChI is InChI=1S/C13H17N5O2S/c1-4-5-18-10(14-7-15-18)6-21-12-11(13(19)20)8(2)16-9(3)17-12/h7H,4-6H2,1-3H3,(H,19,20). The predicted octanol–water partition coefficient (Wildman–Crippen LogP) is 2.09. The van der Waals surface area contributed by atoms with E-state index in [4.69, 9.17) is 0 Å². The minimum atomic E-state index is -1.01. The Morgan fingerprint density at radius 1 is 1.38 bits per heavy atom. The summed E-state index contributed by atoms with van der Waals surface area (Å²) in [4.78, 5) is 23.9. The third kappa shape index (κ3) is 3.57. The molecule has 0 aliphatic carbocycles. The summed E-state index contributed by atoms with van der Waals surface area (Å²) < 4.78 is 1.83. The Morgan fingerprint density at radius 2 is 2.14 bits per heavy atom. The summed E-state index contributed by atoms with van der Waals surface area (Å²) in [5.74, 6) is 0.892. The highest BCUT2D eigenvalue weighted by Gasteiger charge is 2.18. The van der Waals surface area contributed by atoms with Gasteiger partial charge in [-0.15, -0.1) is 0 Å². The summed E-state index contributed by atoms with van der Waals surface area (Å²) in [5, 5.41) is 13.9. The average molecular weight is 307 g/mol. The molecule has 0 aliphatic heterocycles. The van der Waals surface area contributed by atoms with E-state index >= 15 is 0 Å². The lowest BCUT2D eigenvalue weighted by atomic mass is 10.2. The predicted molar refractivity (Wildman–Crippen MR) is 78.3 cm³/mol. The van der Waals surface area contributed by atoms with Crippen LogP contribution in [0.2, 0.25) is 0 Å². The molecule has 2 rings (SSSR count). The van der Waals surface area contributed by atoms with Crippen LogP contribution in [0.5, 0.6) is 0 Å². The number of aryl methyl sites for hydroxylation is 3. The van der Waals surface area contributed by atoms with Crippen LogP contribution in [0.25, 0.3) is 0 Å². The third-order valence-corrected chi connectivity index (χ3v) is 3.82. The number of rotatable bonds is 6. The van der Waals surface area contributed by atoms with E-state index in [1.807, 2.05) is 4.68 Å². The van der Waals surface area contributed by atoms with Crippen LogP contribution in [0.4, 0.5) is 0 Å². The SMILES string of the molecule is CCCn1ncnc1CSc1nc(C)nc(C)c1C(=O)O. The first kappa shape index (κ1) is 15.4. The normalized spacial score (nSPS) is 10.8. The second kappa shape index (κ2) is 6.66. The number of carbonyl (C=O) groups is 1. The van der Waals surface area contributed by atoms with Crippen molar-refractivity contribution in [2.24, 2.45) is 0 Å². The third-order valence-electron chi connectivity index (χ3n) is 2.85. The van der Waals surface area contributed by atoms with Gasteiger partial charge in [-0.3, -0.25) is 0 Å². The summed E-state index contributed by atoms with van der Waals surface area (Å²) in [5.41, 5.74) is 0.639. The molecular weight excluding hydrogens is 290 g/mol. The molecule has 8 heteroatoms. The van der Waals surface area contributed by atoms with Crippen molar-refractivity contribution in [1.82, 2.24) is 24.7 Å². The largest absolute Gasteiger partial charge is 0.478 e. The highest BCUT2D eigenvalue weighted by atomic mass is 32.2. The number of carboxylic acids is 1. The van der Waals surface area contributed by atoms with Gasteiger partial charge in [0.2, 0.25) is 0 Å². The van der Waals surface area contributed by atoms with Crippen LogP contribution in [-0.4, -0.2) is 35.8 Å². The Balaban J connectivity index is 2.23. The number of nitrogens with zero attached hydrogens (tertiary/aromatic N) is 5. The Morgan fingerprint density at radius 3 is 2.81 bits per heavy atom. The van der Waals surface area contributed by atoms with E-state index in [2.05, 4.69) is 27.0 Å². The van der Waals surface area contributed by atoms with Gasteiger partial charge in [0.25, 0.3) is 0 Å². The van der Waals surface area contributed by atoms with Gasteiger partial charge in [0, 0.05) is 6.54 Å². The van der Waals surface area contributed by atoms with Crippen LogP contribution in [-0.2, 0) is 12.3 Å². The molecule has 0 radical (unpaired) electrons. The molecular formula is C13H17N5O2S. The highest BCUT2D eigenvalue weighted by Crippen LogP contribution is 2.25. The maximum absolute atomic E-state index is 11.4. The van der Waals surface area contributed by atoms with Crippen molar-refractivity contribution in [1.29, 1.82) is 0 Å². The Bertz CT molecular complexity index is 656. The number of aromatic carboxylic acids is 1. The molecule has 0 aromatic carbocycles. The quantitative estimate of drug-likeness (QED) is 0.645. The zero-order chi connectivity index (χ0) is 15.4. The molecule has 0 aliphatic rings. The molecule has 0 fully saturated rings. The van der Waals surface area contributed by atoms with E-state index in [-0.39, 0.29) is 5.56 Å². The van der Waals surface area contributed by atoms with Crippen molar-refractivity contribution >= 4 is 17.7 Å². The van der Waals surface area contributed by atoms with Gasteiger partial charge in [-0.2, -0.15) is 5.10 Å². The fourth-order valence-corrected chi connectivity index (χ4v) is 3.03. The van der Waals surface area contributed by atoms with Gasteiger partial charge >= 0.3 is 5.97 Å². The zero-order valence-corrected chi connectivity index (χ0v) is 13.0. The molecule has 7 nitrogen and oxygen atoms in total. The van der Waals surface area contributed by atoms with Crippen molar-refractivity contribution < 1.29 is 9.90 Å². The summed E-state index contributed by atoms with van der Waals surface area (Å²) in [6.45, 7) is 6.30. The lowest BCUT2D eigenvalue weighted by Crippen LogP contribution is -2.09. The molecule has 21 heavy (non-hydrogen) atoms. The molecule has 0 saturated heterocycles. The first-order chi connectivity index (χ1) is 10.0. The molecule has 112 valence electrons. The first-order valence-electron chi connectivity index (χ1n) is 6.61. The Kier molecular flexibility index (Phi) is 4.89. The lowest BCUT2D eigenvalue weighted by molar-refractivity contribution is 0.0690. The smallest absolute Gasteiger partial charge is 0.340 e. The minimum absolute atomic E-state index is 0.159. The fraction of sp³-hybridized carbons (Fsp3) is 0.462. The van der Waals surface area contributed by atoms with Gasteiger partial charge in [0.15, 0.2) is 0 Å². The van der Waals surface area contributed by atoms with Crippen LogP contribution in [0, 0.1) is 13.8 Å². The molecule has 0 bridgehead atoms. The summed E-state index contributed by atoms with van der Waals surface area (Å²) in [7, 11) is 0. The molecule has 0 saturated carbocycles. The second-order valence-electron chi connectivity index (χ2n) is 4.53. The molecule has 0 unspecified atom stereocenters. The van der Waals surface area contributed by atoms with E-state index in [1.165, 1.54) is 18.1 Å². The van der Waals surface area contributed by atoms with Crippen LogP contribution in [0.15, 0.2) is 11.4 Å². The molecule has 0 spiro atoms. The van der Waals surface area contributed by atoms with Crippen molar-refractivity contribution in [3.63, 3.8) is 0 Å². The fourth-order valence-electron chi connectivity index (χ4n) is 1.96. The van der Waals surface area contributed by atoms with E-state index in [0.717, 1.165) is 18.8 Å². The Labute approximate surface area is 126 Å². The van der Waals surface area contributed by atoms with Gasteiger partial charge in [-0.05, 0) is 20.3 Å². The summed E-state index contributed by atoms with van der Waals surface area (Å²) in [6.07, 6.45) is 2.48. The highest BCUT2D eigenvalue weighted by molar-refractivity contribution is 7.98. The average Bonchev–Trinajstić information content (AvgIpc) is 2.83. The van der Waals surface area contributed by atoms with E-state index < -0.39 is 5.97 Å². The van der Waals surface area contributed by atoms with Gasteiger partial charge in [-0.25, -0.2) is 24.4 Å². The van der Waals surface area contributed by atoms with E-state index in [9.17, 15) is 9.90 Å². The molecule has 2 aromatic rings. The van der Waals surface area contributed by atoms with Crippen molar-refractivity contribution in [3.8, 4) is 0 Å². The van der Waals surface area contributed by atoms with Crippen molar-refractivity contribution in [3.05, 3.63) is 29.2 Å². The zero-order valence-electron chi connectivity index (χ0n) is 12.2. The van der Waals surface area contributed by atoms with Gasteiger partial charge in [0.05, 0.1) is 11.4 Å². The van der Waals surface area contributed by atoms with Gasteiger partial charge < -0.3 is 5.11 Å². The van der Waals surface area contributed by atoms with Crippen molar-refractivity contribution in [2.45, 2.75) is 44.5 Å². The number of aromatic nitrogens is 5. The number of hydrogen-bond donors (Lipinski definition) is 1. The molecule has 2 aromatic heterocycles. The number of thioether (sulfide) groups is 1. The number of hydrogen-bond acceptors (Lipinski definition) is 6. The Hall–Kier alpha value is -1.96. The van der Waals surface area contributed by atoms with Gasteiger partial charge in [-0.1, -0.05) is 18.7 Å². The van der Waals surface area contributed by atoms with Crippen LogP contribution in [0.1, 0.15) is 41.0 Å². The number of carboxylic acid groups (broad SMARTS) is 1. The molecule has 0 atom stereocenters.